The van der Waals surface area contributed by atoms with E-state index in [4.69, 9.17) is 0 Å². The highest BCUT2D eigenvalue weighted by atomic mass is 79.9. The first-order valence-corrected chi connectivity index (χ1v) is 7.33. The van der Waals surface area contributed by atoms with Gasteiger partial charge in [-0.15, -0.1) is 0 Å². The summed E-state index contributed by atoms with van der Waals surface area (Å²) in [6, 6.07) is 15.2. The highest BCUT2D eigenvalue weighted by Crippen LogP contribution is 2.20. The molecule has 0 aliphatic carbocycles. The molecule has 3 aromatic rings. The lowest BCUT2D eigenvalue weighted by molar-refractivity contribution is 0.515. The molecule has 0 spiro atoms. The van der Waals surface area contributed by atoms with Crippen LogP contribution >= 0.6 is 15.9 Å². The van der Waals surface area contributed by atoms with Crippen molar-refractivity contribution in [3.05, 3.63) is 70.0 Å². The number of halogens is 1. The molecule has 2 aromatic carbocycles. The standard InChI is InChI=1S/C17H13BrN2O/c1-11-16(20-15-5-3-2-4-14(15)19-11)10-17(21)12-6-8-13(18)9-7-12/h2-10,21H,1H3/b17-10-. The van der Waals surface area contributed by atoms with Gasteiger partial charge >= 0.3 is 0 Å². The van der Waals surface area contributed by atoms with Gasteiger partial charge in [-0.25, -0.2) is 9.97 Å². The Labute approximate surface area is 131 Å². The number of fused-ring (bicyclic) bond motifs is 1. The van der Waals surface area contributed by atoms with Gasteiger partial charge in [0.2, 0.25) is 0 Å². The Morgan fingerprint density at radius 3 is 2.29 bits per heavy atom. The first-order valence-electron chi connectivity index (χ1n) is 6.53. The van der Waals surface area contributed by atoms with Gasteiger partial charge in [0.25, 0.3) is 0 Å². The summed E-state index contributed by atoms with van der Waals surface area (Å²) in [5.41, 5.74) is 3.88. The third-order valence-corrected chi connectivity index (χ3v) is 3.72. The molecule has 1 aromatic heterocycles. The number of aryl methyl sites for hydroxylation is 1. The van der Waals surface area contributed by atoms with Crippen LogP contribution in [-0.4, -0.2) is 15.1 Å². The maximum absolute atomic E-state index is 10.2. The number of aromatic nitrogens is 2. The second-order valence-electron chi connectivity index (χ2n) is 4.72. The van der Waals surface area contributed by atoms with Crippen molar-refractivity contribution in [2.24, 2.45) is 0 Å². The van der Waals surface area contributed by atoms with Crippen LogP contribution in [0, 0.1) is 6.92 Å². The Balaban J connectivity index is 2.05. The zero-order valence-corrected chi connectivity index (χ0v) is 13.0. The van der Waals surface area contributed by atoms with Crippen LogP contribution in [0.3, 0.4) is 0 Å². The van der Waals surface area contributed by atoms with E-state index in [1.54, 1.807) is 6.08 Å². The van der Waals surface area contributed by atoms with Crippen LogP contribution < -0.4 is 0 Å². The van der Waals surface area contributed by atoms with Gasteiger partial charge in [0.15, 0.2) is 0 Å². The highest BCUT2D eigenvalue weighted by Gasteiger charge is 2.05. The van der Waals surface area contributed by atoms with Gasteiger partial charge in [-0.05, 0) is 31.2 Å². The van der Waals surface area contributed by atoms with Crippen LogP contribution in [0.25, 0.3) is 22.9 Å². The molecule has 0 aliphatic heterocycles. The molecule has 4 heteroatoms. The predicted octanol–water partition coefficient (Wildman–Crippen LogP) is 4.76. The van der Waals surface area contributed by atoms with Crippen molar-refractivity contribution in [1.82, 2.24) is 9.97 Å². The lowest BCUT2D eigenvalue weighted by Crippen LogP contribution is -1.94. The molecule has 1 heterocycles. The normalized spacial score (nSPS) is 11.8. The maximum Gasteiger partial charge on any atom is 0.125 e. The molecule has 0 bridgehead atoms. The zero-order chi connectivity index (χ0) is 14.8. The van der Waals surface area contributed by atoms with E-state index in [0.29, 0.717) is 5.69 Å². The van der Waals surface area contributed by atoms with Gasteiger partial charge in [0, 0.05) is 16.1 Å². The number of benzene rings is 2. The molecule has 0 atom stereocenters. The largest absolute Gasteiger partial charge is 0.507 e. The lowest BCUT2D eigenvalue weighted by Gasteiger charge is -2.05. The Bertz CT molecular complexity index is 826. The zero-order valence-electron chi connectivity index (χ0n) is 11.4. The van der Waals surface area contributed by atoms with Crippen LogP contribution in [0.15, 0.2) is 53.0 Å². The van der Waals surface area contributed by atoms with Crippen LogP contribution in [0.2, 0.25) is 0 Å². The third kappa shape index (κ3) is 2.95. The summed E-state index contributed by atoms with van der Waals surface area (Å²) >= 11 is 3.38. The smallest absolute Gasteiger partial charge is 0.125 e. The van der Waals surface area contributed by atoms with Crippen molar-refractivity contribution < 1.29 is 5.11 Å². The van der Waals surface area contributed by atoms with Crippen molar-refractivity contribution in [2.75, 3.05) is 0 Å². The SMILES string of the molecule is Cc1nc2ccccc2nc1/C=C(\O)c1ccc(Br)cc1. The van der Waals surface area contributed by atoms with Crippen LogP contribution in [0.5, 0.6) is 0 Å². The van der Waals surface area contributed by atoms with E-state index in [1.165, 1.54) is 0 Å². The van der Waals surface area contributed by atoms with Gasteiger partial charge in [-0.2, -0.15) is 0 Å². The fraction of sp³-hybridized carbons (Fsp3) is 0.0588. The van der Waals surface area contributed by atoms with Gasteiger partial charge in [0.1, 0.15) is 5.76 Å². The van der Waals surface area contributed by atoms with E-state index in [9.17, 15) is 5.11 Å². The predicted molar refractivity (Wildman–Crippen MR) is 88.9 cm³/mol. The monoisotopic (exact) mass is 340 g/mol. The summed E-state index contributed by atoms with van der Waals surface area (Å²) in [6.07, 6.45) is 1.65. The minimum absolute atomic E-state index is 0.176. The summed E-state index contributed by atoms with van der Waals surface area (Å²) < 4.78 is 0.973. The average molecular weight is 341 g/mol. The number of rotatable bonds is 2. The minimum Gasteiger partial charge on any atom is -0.507 e. The molecule has 0 amide bonds. The summed E-state index contributed by atoms with van der Waals surface area (Å²) in [5, 5.41) is 10.2. The van der Waals surface area contributed by atoms with Crippen molar-refractivity contribution in [2.45, 2.75) is 6.92 Å². The Kier molecular flexibility index (Phi) is 3.71. The molecule has 1 N–H and O–H groups in total. The molecule has 104 valence electrons. The topological polar surface area (TPSA) is 46.0 Å². The molecule has 21 heavy (non-hydrogen) atoms. The Hall–Kier alpha value is -2.20. The highest BCUT2D eigenvalue weighted by molar-refractivity contribution is 9.10. The molecule has 0 saturated heterocycles. The molecular weight excluding hydrogens is 328 g/mol. The molecule has 0 radical (unpaired) electrons. The second-order valence-corrected chi connectivity index (χ2v) is 5.64. The Morgan fingerprint density at radius 1 is 1.00 bits per heavy atom. The summed E-state index contributed by atoms with van der Waals surface area (Å²) in [5.74, 6) is 0.176. The van der Waals surface area contributed by atoms with Crippen LogP contribution in [0.4, 0.5) is 0 Å². The number of hydrogen-bond donors (Lipinski definition) is 1. The number of aliphatic hydroxyl groups excluding tert-OH is 1. The molecule has 0 unspecified atom stereocenters. The minimum atomic E-state index is 0.176. The average Bonchev–Trinajstić information content (AvgIpc) is 2.48. The van der Waals surface area contributed by atoms with Gasteiger partial charge < -0.3 is 5.11 Å². The molecule has 3 rings (SSSR count). The lowest BCUT2D eigenvalue weighted by atomic mass is 10.1. The van der Waals surface area contributed by atoms with Crippen molar-refractivity contribution >= 4 is 38.8 Å². The van der Waals surface area contributed by atoms with Crippen molar-refractivity contribution in [3.63, 3.8) is 0 Å². The van der Waals surface area contributed by atoms with E-state index >= 15 is 0 Å². The second kappa shape index (κ2) is 5.66. The van der Waals surface area contributed by atoms with E-state index in [2.05, 4.69) is 25.9 Å². The fourth-order valence-corrected chi connectivity index (χ4v) is 2.34. The molecule has 0 fully saturated rings. The molecular formula is C17H13BrN2O. The van der Waals surface area contributed by atoms with Crippen LogP contribution in [0.1, 0.15) is 17.0 Å². The van der Waals surface area contributed by atoms with E-state index < -0.39 is 0 Å². The first kappa shape index (κ1) is 13.8. The number of aliphatic hydroxyl groups is 1. The van der Waals surface area contributed by atoms with E-state index in [1.807, 2.05) is 55.5 Å². The van der Waals surface area contributed by atoms with Crippen molar-refractivity contribution in [3.8, 4) is 0 Å². The van der Waals surface area contributed by atoms with Gasteiger partial charge in [-0.3, -0.25) is 0 Å². The maximum atomic E-state index is 10.2. The van der Waals surface area contributed by atoms with Gasteiger partial charge in [-0.1, -0.05) is 40.2 Å². The fourth-order valence-electron chi connectivity index (χ4n) is 2.07. The summed E-state index contributed by atoms with van der Waals surface area (Å²) in [6.45, 7) is 1.89. The van der Waals surface area contributed by atoms with E-state index in [-0.39, 0.29) is 5.76 Å². The van der Waals surface area contributed by atoms with Crippen LogP contribution in [-0.2, 0) is 0 Å². The third-order valence-electron chi connectivity index (χ3n) is 3.19. The number of para-hydroxylation sites is 2. The Morgan fingerprint density at radius 2 is 1.62 bits per heavy atom. The van der Waals surface area contributed by atoms with Crippen molar-refractivity contribution in [1.29, 1.82) is 0 Å². The number of hydrogen-bond acceptors (Lipinski definition) is 3. The summed E-state index contributed by atoms with van der Waals surface area (Å²) in [7, 11) is 0. The molecule has 3 nitrogen and oxygen atoms in total. The number of nitrogens with zero attached hydrogens (tertiary/aromatic N) is 2. The van der Waals surface area contributed by atoms with Gasteiger partial charge in [0.05, 0.1) is 22.4 Å². The quantitative estimate of drug-likeness (QED) is 0.684. The van der Waals surface area contributed by atoms with E-state index in [0.717, 1.165) is 26.8 Å². The first-order chi connectivity index (χ1) is 10.1. The summed E-state index contributed by atoms with van der Waals surface area (Å²) in [4.78, 5) is 9.06. The molecule has 0 saturated carbocycles. The molecule has 0 aliphatic rings.